The molecule has 0 heterocycles. The summed E-state index contributed by atoms with van der Waals surface area (Å²) in [5.74, 6) is 0.139. The van der Waals surface area contributed by atoms with Crippen LogP contribution in [-0.4, -0.2) is 5.78 Å². The maximum Gasteiger partial charge on any atom is 0.194 e. The van der Waals surface area contributed by atoms with E-state index >= 15 is 0 Å². The van der Waals surface area contributed by atoms with Crippen molar-refractivity contribution in [1.82, 2.24) is 0 Å². The van der Waals surface area contributed by atoms with Crippen molar-refractivity contribution in [3.63, 3.8) is 0 Å². The van der Waals surface area contributed by atoms with Crippen LogP contribution < -0.4 is 5.30 Å². The minimum absolute atomic E-state index is 0.139. The van der Waals surface area contributed by atoms with Gasteiger partial charge in [0.05, 0.1) is 0 Å². The van der Waals surface area contributed by atoms with Crippen LogP contribution in [0.5, 0.6) is 0 Å². The Morgan fingerprint density at radius 2 is 1.53 bits per heavy atom. The highest BCUT2D eigenvalue weighted by atomic mass is 31.0. The number of ketones is 1. The average molecular weight is 270 g/mol. The minimum atomic E-state index is 0.139. The molecule has 0 amide bonds. The van der Waals surface area contributed by atoms with E-state index in [1.54, 1.807) is 0 Å². The van der Waals surface area contributed by atoms with Crippen LogP contribution in [0.4, 0.5) is 0 Å². The lowest BCUT2D eigenvalue weighted by molar-refractivity contribution is 0.103. The molecule has 0 bridgehead atoms. The molecular formula is C17H19OP. The third-order valence-corrected chi connectivity index (χ3v) is 3.93. The van der Waals surface area contributed by atoms with E-state index < -0.39 is 0 Å². The number of carbonyl (C=O) groups is 1. The Labute approximate surface area is 117 Å². The van der Waals surface area contributed by atoms with Crippen LogP contribution in [-0.2, 0) is 12.8 Å². The largest absolute Gasteiger partial charge is 0.289 e. The summed E-state index contributed by atoms with van der Waals surface area (Å²) in [6.07, 6.45) is 1.77. The van der Waals surface area contributed by atoms with Crippen molar-refractivity contribution in [1.29, 1.82) is 0 Å². The smallest absolute Gasteiger partial charge is 0.194 e. The summed E-state index contributed by atoms with van der Waals surface area (Å²) >= 11 is 0. The zero-order chi connectivity index (χ0) is 13.8. The first-order chi connectivity index (χ1) is 9.19. The van der Waals surface area contributed by atoms with Crippen LogP contribution in [0.1, 0.15) is 40.9 Å². The lowest BCUT2D eigenvalue weighted by atomic mass is 9.91. The normalized spacial score (nSPS) is 10.5. The number of benzene rings is 2. The molecule has 0 aromatic heterocycles. The van der Waals surface area contributed by atoms with Gasteiger partial charge in [0.25, 0.3) is 0 Å². The molecule has 19 heavy (non-hydrogen) atoms. The van der Waals surface area contributed by atoms with Gasteiger partial charge in [-0.2, -0.15) is 0 Å². The maximum atomic E-state index is 12.8. The highest BCUT2D eigenvalue weighted by Gasteiger charge is 2.17. The summed E-state index contributed by atoms with van der Waals surface area (Å²) in [5, 5.41) is 0.959. The second kappa shape index (κ2) is 6.12. The van der Waals surface area contributed by atoms with Crippen molar-refractivity contribution in [2.24, 2.45) is 0 Å². The second-order valence-electron chi connectivity index (χ2n) is 4.57. The van der Waals surface area contributed by atoms with Crippen molar-refractivity contribution >= 4 is 20.3 Å². The Hall–Kier alpha value is -1.46. The molecule has 0 fully saturated rings. The van der Waals surface area contributed by atoms with Crippen molar-refractivity contribution < 1.29 is 4.79 Å². The summed E-state index contributed by atoms with van der Waals surface area (Å²) in [7, 11) is 2.65. The van der Waals surface area contributed by atoms with Crippen LogP contribution in [0.2, 0.25) is 0 Å². The monoisotopic (exact) mass is 270 g/mol. The Morgan fingerprint density at radius 1 is 0.947 bits per heavy atom. The molecular weight excluding hydrogens is 251 g/mol. The second-order valence-corrected chi connectivity index (χ2v) is 5.20. The molecule has 0 aliphatic heterocycles. The standard InChI is InChI=1S/C17H19OP/c1-3-12-8-7-9-13(4-2)16(12)17(18)14-10-5-6-11-15(14)19/h5-11H,3-4,19H2,1-2H3. The van der Waals surface area contributed by atoms with Crippen molar-refractivity contribution in [2.75, 3.05) is 0 Å². The Morgan fingerprint density at radius 3 is 2.05 bits per heavy atom. The molecule has 0 saturated heterocycles. The van der Waals surface area contributed by atoms with E-state index in [-0.39, 0.29) is 5.78 Å². The van der Waals surface area contributed by atoms with Gasteiger partial charge in [0.15, 0.2) is 5.78 Å². The van der Waals surface area contributed by atoms with Gasteiger partial charge in [-0.1, -0.05) is 56.3 Å². The summed E-state index contributed by atoms with van der Waals surface area (Å²) < 4.78 is 0. The molecule has 1 unspecified atom stereocenters. The van der Waals surface area contributed by atoms with Gasteiger partial charge in [-0.15, -0.1) is 9.24 Å². The minimum Gasteiger partial charge on any atom is -0.289 e. The van der Waals surface area contributed by atoms with E-state index in [9.17, 15) is 4.79 Å². The molecule has 0 saturated carbocycles. The van der Waals surface area contributed by atoms with Crippen LogP contribution in [0, 0.1) is 0 Å². The molecule has 1 nitrogen and oxygen atoms in total. The third-order valence-electron chi connectivity index (χ3n) is 3.43. The SMILES string of the molecule is CCc1cccc(CC)c1C(=O)c1ccccc1P. The van der Waals surface area contributed by atoms with Crippen LogP contribution in [0.25, 0.3) is 0 Å². The van der Waals surface area contributed by atoms with E-state index in [1.807, 2.05) is 30.3 Å². The topological polar surface area (TPSA) is 17.1 Å². The van der Waals surface area contributed by atoms with Gasteiger partial charge in [-0.3, -0.25) is 4.79 Å². The highest BCUT2D eigenvalue weighted by Crippen LogP contribution is 2.20. The molecule has 0 N–H and O–H groups in total. The van der Waals surface area contributed by atoms with Gasteiger partial charge < -0.3 is 0 Å². The summed E-state index contributed by atoms with van der Waals surface area (Å²) in [6.45, 7) is 4.19. The van der Waals surface area contributed by atoms with Gasteiger partial charge in [0.2, 0.25) is 0 Å². The molecule has 2 rings (SSSR count). The Balaban J connectivity index is 2.58. The molecule has 2 heteroatoms. The van der Waals surface area contributed by atoms with Crippen LogP contribution >= 0.6 is 9.24 Å². The molecule has 0 spiro atoms. The summed E-state index contributed by atoms with van der Waals surface area (Å²) in [6, 6.07) is 13.9. The third kappa shape index (κ3) is 2.77. The lowest BCUT2D eigenvalue weighted by Crippen LogP contribution is -2.14. The Bertz CT molecular complexity index is 580. The molecule has 98 valence electrons. The zero-order valence-corrected chi connectivity index (χ0v) is 12.6. The maximum absolute atomic E-state index is 12.8. The van der Waals surface area contributed by atoms with Gasteiger partial charge in [0, 0.05) is 11.1 Å². The molecule has 1 atom stereocenters. The zero-order valence-electron chi connectivity index (χ0n) is 11.4. The van der Waals surface area contributed by atoms with Crippen molar-refractivity contribution in [3.8, 4) is 0 Å². The average Bonchev–Trinajstić information content (AvgIpc) is 2.46. The van der Waals surface area contributed by atoms with Gasteiger partial charge in [-0.05, 0) is 29.3 Å². The highest BCUT2D eigenvalue weighted by molar-refractivity contribution is 7.27. The first-order valence-corrected chi connectivity index (χ1v) is 7.26. The fraction of sp³-hybridized carbons (Fsp3) is 0.235. The first-order valence-electron chi connectivity index (χ1n) is 6.69. The molecule has 0 radical (unpaired) electrons. The first kappa shape index (κ1) is 14.0. The number of hydrogen-bond donors (Lipinski definition) is 0. The van der Waals surface area contributed by atoms with E-state index in [0.29, 0.717) is 0 Å². The van der Waals surface area contributed by atoms with E-state index in [0.717, 1.165) is 40.4 Å². The Kier molecular flexibility index (Phi) is 4.50. The van der Waals surface area contributed by atoms with Crippen molar-refractivity contribution in [3.05, 3.63) is 64.7 Å². The number of hydrogen-bond acceptors (Lipinski definition) is 1. The lowest BCUT2D eigenvalue weighted by Gasteiger charge is -2.13. The quantitative estimate of drug-likeness (QED) is 0.613. The fourth-order valence-electron chi connectivity index (χ4n) is 2.37. The molecule has 0 aliphatic carbocycles. The number of aryl methyl sites for hydroxylation is 2. The van der Waals surface area contributed by atoms with E-state index in [2.05, 4.69) is 35.2 Å². The predicted octanol–water partition coefficient (Wildman–Crippen LogP) is 3.54. The molecule has 2 aromatic carbocycles. The van der Waals surface area contributed by atoms with Gasteiger partial charge in [-0.25, -0.2) is 0 Å². The number of rotatable bonds is 4. The number of carbonyl (C=O) groups excluding carboxylic acids is 1. The molecule has 2 aromatic rings. The van der Waals surface area contributed by atoms with E-state index in [4.69, 9.17) is 0 Å². The summed E-state index contributed by atoms with van der Waals surface area (Å²) in [5.41, 5.74) is 3.95. The van der Waals surface area contributed by atoms with Crippen molar-refractivity contribution in [2.45, 2.75) is 26.7 Å². The van der Waals surface area contributed by atoms with Crippen LogP contribution in [0.15, 0.2) is 42.5 Å². The predicted molar refractivity (Wildman–Crippen MR) is 84.4 cm³/mol. The fourth-order valence-corrected chi connectivity index (χ4v) is 2.71. The summed E-state index contributed by atoms with van der Waals surface area (Å²) in [4.78, 5) is 12.8. The van der Waals surface area contributed by atoms with E-state index in [1.165, 1.54) is 0 Å². The van der Waals surface area contributed by atoms with Gasteiger partial charge in [0.1, 0.15) is 0 Å². The van der Waals surface area contributed by atoms with Crippen LogP contribution in [0.3, 0.4) is 0 Å². The van der Waals surface area contributed by atoms with Gasteiger partial charge >= 0.3 is 0 Å². The molecule has 0 aliphatic rings.